The van der Waals surface area contributed by atoms with Crippen LogP contribution in [0.2, 0.25) is 0 Å². The van der Waals surface area contributed by atoms with Crippen molar-refractivity contribution in [1.82, 2.24) is 34.9 Å². The van der Waals surface area contributed by atoms with Crippen molar-refractivity contribution in [1.29, 1.82) is 0 Å². The fourth-order valence-electron chi connectivity index (χ4n) is 10.1. The average Bonchev–Trinajstić information content (AvgIpc) is 3.73. The zero-order valence-electron chi connectivity index (χ0n) is 34.6. The van der Waals surface area contributed by atoms with E-state index in [2.05, 4.69) is 42.5 Å². The lowest BCUT2D eigenvalue weighted by molar-refractivity contribution is -0.136. The number of piperidine rings is 4. The van der Waals surface area contributed by atoms with Crippen LogP contribution in [0.25, 0.3) is 0 Å². The highest BCUT2D eigenvalue weighted by atomic mass is 16.2. The van der Waals surface area contributed by atoms with Gasteiger partial charge in [-0.1, -0.05) is 12.1 Å². The van der Waals surface area contributed by atoms with E-state index >= 15 is 0 Å². The minimum Gasteiger partial charge on any atom is -0.371 e. The van der Waals surface area contributed by atoms with Gasteiger partial charge in [-0.3, -0.25) is 34.2 Å². The second-order valence-corrected chi connectivity index (χ2v) is 17.4. The molecule has 7 heterocycles. The molecule has 3 atom stereocenters. The maximum absolute atomic E-state index is 13.4. The molecule has 7 amide bonds. The van der Waals surface area contributed by atoms with Crippen molar-refractivity contribution >= 4 is 58.6 Å². The van der Waals surface area contributed by atoms with Crippen LogP contribution in [0.5, 0.6) is 0 Å². The highest BCUT2D eigenvalue weighted by Gasteiger charge is 2.45. The van der Waals surface area contributed by atoms with E-state index in [-0.39, 0.29) is 30.6 Å². The van der Waals surface area contributed by atoms with Crippen molar-refractivity contribution in [3.05, 3.63) is 71.0 Å². The van der Waals surface area contributed by atoms with Gasteiger partial charge in [0, 0.05) is 70.7 Å². The third-order valence-corrected chi connectivity index (χ3v) is 13.5. The summed E-state index contributed by atoms with van der Waals surface area (Å²) in [7, 11) is 1.83. The van der Waals surface area contributed by atoms with Gasteiger partial charge in [-0.2, -0.15) is 0 Å². The summed E-state index contributed by atoms with van der Waals surface area (Å²) in [5, 5.41) is 5.56. The molecule has 2 aromatic carbocycles. The van der Waals surface area contributed by atoms with Crippen LogP contribution in [-0.2, 0) is 9.59 Å². The third-order valence-electron chi connectivity index (χ3n) is 13.5. The lowest BCUT2D eigenvalue weighted by Gasteiger charge is -2.39. The fraction of sp³-hybridized carbons (Fsp3) is 0.500. The van der Waals surface area contributed by atoms with Crippen molar-refractivity contribution in [2.75, 3.05) is 81.1 Å². The molecule has 320 valence electrons. The Hall–Kier alpha value is -6.10. The molecule has 17 heteroatoms. The number of benzene rings is 2. The predicted octanol–water partition coefficient (Wildman–Crippen LogP) is 3.15. The maximum Gasteiger partial charge on any atom is 0.320 e. The maximum atomic E-state index is 13.4. The molecule has 0 radical (unpaired) electrons. The monoisotopic (exact) mass is 831 g/mol. The van der Waals surface area contributed by atoms with Gasteiger partial charge >= 0.3 is 6.03 Å². The number of nitrogens with one attached hydrogen (secondary N) is 2. The van der Waals surface area contributed by atoms with E-state index in [0.29, 0.717) is 41.1 Å². The molecule has 6 aliphatic rings. The van der Waals surface area contributed by atoms with Crippen LogP contribution < -0.4 is 26.2 Å². The summed E-state index contributed by atoms with van der Waals surface area (Å²) in [5.74, 6) is -0.799. The highest BCUT2D eigenvalue weighted by molar-refractivity contribution is 6.23. The minimum absolute atomic E-state index is 0.0599. The number of likely N-dealkylation sites (tertiary alicyclic amines) is 1. The van der Waals surface area contributed by atoms with Crippen molar-refractivity contribution < 1.29 is 28.8 Å². The number of urea groups is 1. The summed E-state index contributed by atoms with van der Waals surface area (Å²) in [6.07, 6.45) is 7.91. The zero-order chi connectivity index (χ0) is 42.4. The normalized spacial score (nSPS) is 24.1. The molecule has 3 aromatic rings. The van der Waals surface area contributed by atoms with Crippen molar-refractivity contribution in [2.24, 2.45) is 11.7 Å². The number of carbonyl (C=O) groups excluding carboxylic acids is 6. The standard InChI is InChI=1S/C44H53N11O6/c1-50-20-21-54(44(50)61)32-5-3-17-53(26-32)36-23-46-38(39(45)57)40(48-36)47-30-8-6-28(7-9-30)29-14-18-51(19-15-29)24-27-4-2-16-52(25-27)31-10-11-33-34(22-31)43(60)55(42(33)59)35-12-13-37(56)49-41(35)58/h6-11,22-23,27,29,32,35H,2-5,12-21,24-26H2,1H3,(H2,45,57)(H,47,48)(H,49,56,58)/t27-,32-,35?/m1/s1. The molecule has 0 bridgehead atoms. The second kappa shape index (κ2) is 16.7. The van der Waals surface area contributed by atoms with E-state index in [9.17, 15) is 28.8 Å². The van der Waals surface area contributed by atoms with Gasteiger partial charge < -0.3 is 35.6 Å². The summed E-state index contributed by atoms with van der Waals surface area (Å²) in [6, 6.07) is 12.9. The fourth-order valence-corrected chi connectivity index (χ4v) is 10.1. The van der Waals surface area contributed by atoms with E-state index in [0.717, 1.165) is 107 Å². The number of nitrogens with zero attached hydrogens (tertiary/aromatic N) is 8. The van der Waals surface area contributed by atoms with Crippen LogP contribution in [0.4, 0.5) is 27.8 Å². The Morgan fingerprint density at radius 1 is 0.836 bits per heavy atom. The first-order chi connectivity index (χ1) is 29.5. The molecule has 5 saturated heterocycles. The number of imide groups is 2. The summed E-state index contributed by atoms with van der Waals surface area (Å²) in [5.41, 5.74) is 9.36. The molecule has 61 heavy (non-hydrogen) atoms. The van der Waals surface area contributed by atoms with Gasteiger partial charge in [0.1, 0.15) is 11.9 Å². The van der Waals surface area contributed by atoms with Gasteiger partial charge in [0.15, 0.2) is 11.5 Å². The van der Waals surface area contributed by atoms with Crippen LogP contribution in [-0.4, -0.2) is 143 Å². The van der Waals surface area contributed by atoms with Gasteiger partial charge in [0.05, 0.1) is 23.4 Å². The second-order valence-electron chi connectivity index (χ2n) is 17.4. The number of fused-ring (bicyclic) bond motifs is 1. The first-order valence-corrected chi connectivity index (χ1v) is 21.6. The zero-order valence-corrected chi connectivity index (χ0v) is 34.6. The Bertz CT molecular complexity index is 2240. The highest BCUT2D eigenvalue weighted by Crippen LogP contribution is 2.35. The van der Waals surface area contributed by atoms with E-state index < -0.39 is 35.6 Å². The number of hydrogen-bond acceptors (Lipinski definition) is 12. The quantitative estimate of drug-likeness (QED) is 0.253. The number of likely N-dealkylation sites (N-methyl/N-ethyl adjacent to an activating group) is 1. The van der Waals surface area contributed by atoms with Crippen LogP contribution in [0.1, 0.15) is 94.1 Å². The van der Waals surface area contributed by atoms with Crippen LogP contribution in [0.15, 0.2) is 48.7 Å². The van der Waals surface area contributed by atoms with E-state index in [1.807, 2.05) is 30.1 Å². The summed E-state index contributed by atoms with van der Waals surface area (Å²) in [4.78, 5) is 96.9. The van der Waals surface area contributed by atoms with Crippen molar-refractivity contribution in [2.45, 2.75) is 69.4 Å². The van der Waals surface area contributed by atoms with Crippen LogP contribution in [0.3, 0.4) is 0 Å². The minimum atomic E-state index is -0.979. The first kappa shape index (κ1) is 40.3. The number of carbonyl (C=O) groups is 6. The molecule has 0 saturated carbocycles. The van der Waals surface area contributed by atoms with Crippen LogP contribution in [0, 0.1) is 5.92 Å². The molecule has 6 aliphatic heterocycles. The van der Waals surface area contributed by atoms with Gasteiger partial charge in [0.2, 0.25) is 11.8 Å². The van der Waals surface area contributed by atoms with E-state index in [1.165, 1.54) is 5.56 Å². The largest absolute Gasteiger partial charge is 0.371 e. The molecule has 0 aliphatic carbocycles. The number of aromatic nitrogens is 2. The SMILES string of the molecule is CN1CCN([C@@H]2CCCN(c3cnc(C(N)=O)c(Nc4ccc(C5CCN(C[C@H]6CCCN(c7ccc8c(c7)C(=O)N(C7CCC(=O)NC7=O)C8=O)C6)CC5)cc4)n3)C2)C1=O. The van der Waals surface area contributed by atoms with Crippen molar-refractivity contribution in [3.63, 3.8) is 0 Å². The molecular formula is C44H53N11O6. The molecule has 5 fully saturated rings. The number of nitrogens with two attached hydrogens (primary N) is 1. The summed E-state index contributed by atoms with van der Waals surface area (Å²) < 4.78 is 0. The van der Waals surface area contributed by atoms with Crippen LogP contribution >= 0.6 is 0 Å². The first-order valence-electron chi connectivity index (χ1n) is 21.6. The van der Waals surface area contributed by atoms with Gasteiger partial charge in [-0.25, -0.2) is 14.8 Å². The number of hydrogen-bond donors (Lipinski definition) is 3. The summed E-state index contributed by atoms with van der Waals surface area (Å²) in [6.45, 7) is 7.58. The Morgan fingerprint density at radius 3 is 2.33 bits per heavy atom. The van der Waals surface area contributed by atoms with E-state index in [1.54, 1.807) is 23.2 Å². The third kappa shape index (κ3) is 8.10. The molecule has 1 aromatic heterocycles. The number of anilines is 4. The molecule has 0 spiro atoms. The number of amides is 7. The van der Waals surface area contributed by atoms with E-state index in [4.69, 9.17) is 10.7 Å². The Labute approximate surface area is 354 Å². The Morgan fingerprint density at radius 2 is 1.59 bits per heavy atom. The number of primary amides is 1. The Kier molecular flexibility index (Phi) is 11.1. The number of rotatable bonds is 10. The molecule has 9 rings (SSSR count). The lowest BCUT2D eigenvalue weighted by Crippen LogP contribution is -2.54. The molecule has 4 N–H and O–H groups in total. The average molecular weight is 832 g/mol. The topological polar surface area (TPSA) is 198 Å². The Balaban J connectivity index is 0.781. The predicted molar refractivity (Wildman–Crippen MR) is 227 cm³/mol. The smallest absolute Gasteiger partial charge is 0.320 e. The summed E-state index contributed by atoms with van der Waals surface area (Å²) >= 11 is 0. The van der Waals surface area contributed by atoms with Gasteiger partial charge in [-0.05, 0) is 106 Å². The molecular weight excluding hydrogens is 779 g/mol. The lowest BCUT2D eigenvalue weighted by atomic mass is 9.88. The van der Waals surface area contributed by atoms with Gasteiger partial charge in [-0.15, -0.1) is 0 Å². The van der Waals surface area contributed by atoms with Gasteiger partial charge in [0.25, 0.3) is 17.7 Å². The van der Waals surface area contributed by atoms with Crippen molar-refractivity contribution in [3.8, 4) is 0 Å². The molecule has 1 unspecified atom stereocenters. The molecule has 17 nitrogen and oxygen atoms in total.